The van der Waals surface area contributed by atoms with E-state index in [0.29, 0.717) is 25.2 Å². The molecule has 3 aliphatic rings. The van der Waals surface area contributed by atoms with Gasteiger partial charge in [-0.25, -0.2) is 0 Å². The van der Waals surface area contributed by atoms with E-state index in [4.69, 9.17) is 14.5 Å². The van der Waals surface area contributed by atoms with Crippen molar-refractivity contribution in [1.29, 1.82) is 0 Å². The van der Waals surface area contributed by atoms with Gasteiger partial charge in [-0.15, -0.1) is 12.4 Å². The molecule has 1 aromatic carbocycles. The monoisotopic (exact) mass is 511 g/mol. The lowest BCUT2D eigenvalue weighted by Gasteiger charge is -2.40. The van der Waals surface area contributed by atoms with Crippen molar-refractivity contribution in [2.24, 2.45) is 5.41 Å². The van der Waals surface area contributed by atoms with Crippen LogP contribution in [-0.2, 0) is 27.7 Å². The van der Waals surface area contributed by atoms with Crippen LogP contribution in [-0.4, -0.2) is 23.3 Å². The van der Waals surface area contributed by atoms with Crippen molar-refractivity contribution >= 4 is 12.4 Å². The van der Waals surface area contributed by atoms with Gasteiger partial charge in [-0.1, -0.05) is 39.8 Å². The second-order valence-electron chi connectivity index (χ2n) is 11.1. The molecule has 4 nitrogen and oxygen atoms in total. The Bertz CT molecular complexity index is 1090. The van der Waals surface area contributed by atoms with Crippen molar-refractivity contribution in [2.45, 2.75) is 83.3 Å². The average molecular weight is 512 g/mol. The van der Waals surface area contributed by atoms with Crippen LogP contribution in [0.4, 0.5) is 13.2 Å². The molecule has 1 spiro atoms. The Kier molecular flexibility index (Phi) is 6.80. The number of rotatable bonds is 2. The summed E-state index contributed by atoms with van der Waals surface area (Å²) in [7, 11) is 0. The number of hydrogen-bond donors (Lipinski definition) is 1. The second-order valence-corrected chi connectivity index (χ2v) is 11.1. The Morgan fingerprint density at radius 1 is 1.11 bits per heavy atom. The van der Waals surface area contributed by atoms with Crippen molar-refractivity contribution < 1.29 is 27.8 Å². The number of alkyl halides is 3. The van der Waals surface area contributed by atoms with Gasteiger partial charge in [0, 0.05) is 34.7 Å². The summed E-state index contributed by atoms with van der Waals surface area (Å²) in [5.41, 5.74) is 3.68. The highest BCUT2D eigenvalue weighted by Gasteiger charge is 2.52. The van der Waals surface area contributed by atoms with Gasteiger partial charge in [0.1, 0.15) is 11.7 Å². The molecule has 1 aliphatic carbocycles. The zero-order chi connectivity index (χ0) is 24.5. The number of aliphatic hydroxyl groups is 1. The third kappa shape index (κ3) is 4.50. The molecule has 5 rings (SSSR count). The summed E-state index contributed by atoms with van der Waals surface area (Å²) in [5, 5.41) is 11.3. The second kappa shape index (κ2) is 9.02. The molecule has 1 saturated heterocycles. The van der Waals surface area contributed by atoms with Crippen LogP contribution in [0.15, 0.2) is 24.3 Å². The smallest absolute Gasteiger partial charge is 0.388 e. The number of nitrogens with zero attached hydrogens (tertiary/aromatic N) is 1. The fourth-order valence-electron chi connectivity index (χ4n) is 6.01. The molecule has 0 amide bonds. The highest BCUT2D eigenvalue weighted by atomic mass is 35.5. The molecule has 0 bridgehead atoms. The average Bonchev–Trinajstić information content (AvgIpc) is 3.06. The Hall–Kier alpha value is -1.67. The molecule has 1 fully saturated rings. The Morgan fingerprint density at radius 3 is 2.37 bits per heavy atom. The van der Waals surface area contributed by atoms with Crippen molar-refractivity contribution in [3.05, 3.63) is 63.5 Å². The standard InChI is InChI=1S/C27H32F3NO3.ClH/c1-15(2)23-21-22(20-18(31-23)12-25(3,4)13-19(20)32)26(10-5-11-33-14-26)34-24(21)16-6-8-17(9-7-16)27(28,29)30;/h6-9,15,19,24,32H,5,10-14H2,1-4H3;1H/t19-,24+,26?;/m0./s1. The molecule has 3 atom stereocenters. The molecule has 1 aromatic heterocycles. The van der Waals surface area contributed by atoms with Crippen LogP contribution in [0, 0.1) is 5.41 Å². The third-order valence-electron chi connectivity index (χ3n) is 7.46. The highest BCUT2D eigenvalue weighted by Crippen LogP contribution is 2.56. The van der Waals surface area contributed by atoms with E-state index in [-0.39, 0.29) is 23.7 Å². The number of benzene rings is 1. The SMILES string of the molecule is CC(C)c1nc2c(c3c1[C@@H](c1ccc(C(F)(F)F)cc1)OC31CCCOC1)[C@@H](O)CC(C)(C)C2.Cl. The maximum Gasteiger partial charge on any atom is 0.416 e. The first-order valence-electron chi connectivity index (χ1n) is 12.1. The van der Waals surface area contributed by atoms with Crippen molar-refractivity contribution in [2.75, 3.05) is 13.2 Å². The van der Waals surface area contributed by atoms with E-state index >= 15 is 0 Å². The molecule has 3 heterocycles. The summed E-state index contributed by atoms with van der Waals surface area (Å²) < 4.78 is 52.3. The maximum atomic E-state index is 13.2. The maximum absolute atomic E-state index is 13.2. The minimum Gasteiger partial charge on any atom is -0.388 e. The first-order chi connectivity index (χ1) is 15.9. The number of halogens is 4. The number of aromatic nitrogens is 1. The van der Waals surface area contributed by atoms with Crippen LogP contribution in [0.3, 0.4) is 0 Å². The predicted octanol–water partition coefficient (Wildman–Crippen LogP) is 6.78. The van der Waals surface area contributed by atoms with E-state index in [9.17, 15) is 18.3 Å². The molecular formula is C27H33ClF3NO3. The Balaban J connectivity index is 0.00000289. The van der Waals surface area contributed by atoms with Gasteiger partial charge >= 0.3 is 6.18 Å². The lowest BCUT2D eigenvalue weighted by atomic mass is 9.70. The van der Waals surface area contributed by atoms with E-state index in [1.165, 1.54) is 12.1 Å². The van der Waals surface area contributed by atoms with Gasteiger partial charge in [0.2, 0.25) is 0 Å². The minimum absolute atomic E-state index is 0. The lowest BCUT2D eigenvalue weighted by molar-refractivity contribution is -0.140. The largest absolute Gasteiger partial charge is 0.416 e. The fourth-order valence-corrected chi connectivity index (χ4v) is 6.01. The summed E-state index contributed by atoms with van der Waals surface area (Å²) in [6.45, 7) is 9.44. The Morgan fingerprint density at radius 2 is 1.80 bits per heavy atom. The molecule has 2 aromatic rings. The summed E-state index contributed by atoms with van der Waals surface area (Å²) >= 11 is 0. The van der Waals surface area contributed by atoms with Gasteiger partial charge in [0.05, 0.1) is 18.3 Å². The first kappa shape index (κ1) is 26.4. The molecule has 192 valence electrons. The predicted molar refractivity (Wildman–Crippen MR) is 129 cm³/mol. The molecule has 0 saturated carbocycles. The van der Waals surface area contributed by atoms with Crippen LogP contribution in [0.5, 0.6) is 0 Å². The van der Waals surface area contributed by atoms with Crippen molar-refractivity contribution in [3.63, 3.8) is 0 Å². The van der Waals surface area contributed by atoms with E-state index < -0.39 is 29.5 Å². The fraction of sp³-hybridized carbons (Fsp3) is 0.593. The summed E-state index contributed by atoms with van der Waals surface area (Å²) in [6.07, 6.45) is -2.70. The van der Waals surface area contributed by atoms with E-state index in [2.05, 4.69) is 27.7 Å². The topological polar surface area (TPSA) is 51.6 Å². The van der Waals surface area contributed by atoms with E-state index in [1.54, 1.807) is 0 Å². The summed E-state index contributed by atoms with van der Waals surface area (Å²) in [6, 6.07) is 5.23. The molecule has 8 heteroatoms. The normalized spacial score (nSPS) is 27.5. The molecule has 1 N–H and O–H groups in total. The number of aliphatic hydroxyl groups excluding tert-OH is 1. The third-order valence-corrected chi connectivity index (χ3v) is 7.46. The van der Waals surface area contributed by atoms with E-state index in [1.807, 2.05) is 0 Å². The minimum atomic E-state index is -4.40. The van der Waals surface area contributed by atoms with Crippen LogP contribution >= 0.6 is 12.4 Å². The lowest BCUT2D eigenvalue weighted by Crippen LogP contribution is -2.39. The van der Waals surface area contributed by atoms with Gasteiger partial charge in [-0.05, 0) is 54.7 Å². The van der Waals surface area contributed by atoms with Gasteiger partial charge in [-0.3, -0.25) is 4.98 Å². The quantitative estimate of drug-likeness (QED) is 0.483. The Labute approximate surface area is 210 Å². The zero-order valence-electron chi connectivity index (χ0n) is 20.5. The number of hydrogen-bond acceptors (Lipinski definition) is 4. The number of ether oxygens (including phenoxy) is 2. The van der Waals surface area contributed by atoms with Crippen LogP contribution in [0.1, 0.15) is 104 Å². The number of pyridine rings is 1. The highest BCUT2D eigenvalue weighted by molar-refractivity contribution is 5.85. The van der Waals surface area contributed by atoms with Crippen LogP contribution in [0.25, 0.3) is 0 Å². The molecular weight excluding hydrogens is 479 g/mol. The van der Waals surface area contributed by atoms with E-state index in [0.717, 1.165) is 59.5 Å². The summed E-state index contributed by atoms with van der Waals surface area (Å²) in [4.78, 5) is 5.08. The molecule has 0 radical (unpaired) electrons. The zero-order valence-corrected chi connectivity index (χ0v) is 21.4. The van der Waals surface area contributed by atoms with Gasteiger partial charge in [0.15, 0.2) is 0 Å². The molecule has 2 aliphatic heterocycles. The van der Waals surface area contributed by atoms with Crippen LogP contribution in [0.2, 0.25) is 0 Å². The number of fused-ring (bicyclic) bond motifs is 4. The van der Waals surface area contributed by atoms with Gasteiger partial charge in [0.25, 0.3) is 0 Å². The first-order valence-corrected chi connectivity index (χ1v) is 12.1. The van der Waals surface area contributed by atoms with Crippen molar-refractivity contribution in [1.82, 2.24) is 4.98 Å². The molecule has 1 unspecified atom stereocenters. The van der Waals surface area contributed by atoms with Crippen LogP contribution < -0.4 is 0 Å². The van der Waals surface area contributed by atoms with Crippen molar-refractivity contribution in [3.8, 4) is 0 Å². The summed E-state index contributed by atoms with van der Waals surface area (Å²) in [5.74, 6) is 0.0847. The van der Waals surface area contributed by atoms with Gasteiger partial charge < -0.3 is 14.6 Å². The molecule has 35 heavy (non-hydrogen) atoms. The van der Waals surface area contributed by atoms with Gasteiger partial charge in [-0.2, -0.15) is 13.2 Å².